The molecule has 0 saturated heterocycles. The molecule has 0 fully saturated rings. The summed E-state index contributed by atoms with van der Waals surface area (Å²) in [7, 11) is 1.59. The smallest absolute Gasteiger partial charge is 0.224 e. The van der Waals surface area contributed by atoms with E-state index in [1.165, 1.54) is 0 Å². The van der Waals surface area contributed by atoms with Gasteiger partial charge in [-0.2, -0.15) is 12.6 Å². The average Bonchev–Trinajstić information content (AvgIpc) is 2.37. The second-order valence-electron chi connectivity index (χ2n) is 3.79. The summed E-state index contributed by atoms with van der Waals surface area (Å²) in [5, 5.41) is 21.7. The second kappa shape index (κ2) is 6.64. The molecule has 0 heterocycles. The van der Waals surface area contributed by atoms with Gasteiger partial charge in [0.15, 0.2) is 0 Å². The molecule has 1 rings (SSSR count). The molecule has 3 N–H and O–H groups in total. The van der Waals surface area contributed by atoms with Gasteiger partial charge in [-0.05, 0) is 11.1 Å². The van der Waals surface area contributed by atoms with Crippen LogP contribution in [0, 0.1) is 0 Å². The molecule has 2 atom stereocenters. The number of rotatable bonds is 5. The van der Waals surface area contributed by atoms with Gasteiger partial charge in [-0.1, -0.05) is 24.3 Å². The minimum atomic E-state index is -0.943. The van der Waals surface area contributed by atoms with Crippen LogP contribution in [0.25, 0.3) is 0 Å². The number of hydrogen-bond acceptors (Lipinski definition) is 4. The predicted octanol–water partition coefficient (Wildman–Crippen LogP) is 0.299. The van der Waals surface area contributed by atoms with Gasteiger partial charge in [-0.3, -0.25) is 4.79 Å². The number of aliphatic hydroxyl groups excluding tert-OH is 2. The van der Waals surface area contributed by atoms with Gasteiger partial charge in [0.1, 0.15) is 6.10 Å². The molecule has 0 spiro atoms. The molecule has 0 aliphatic carbocycles. The van der Waals surface area contributed by atoms with Crippen molar-refractivity contribution >= 4 is 18.5 Å². The van der Waals surface area contributed by atoms with E-state index in [9.17, 15) is 15.0 Å². The number of hydrogen-bond donors (Lipinski definition) is 4. The van der Waals surface area contributed by atoms with E-state index in [4.69, 9.17) is 0 Å². The SMILES string of the molecule is CNC(=O)Cc1ccc(C(O)C(O)CS)cc1. The lowest BCUT2D eigenvalue weighted by molar-refractivity contribution is -0.119. The summed E-state index contributed by atoms with van der Waals surface area (Å²) in [6.07, 6.45) is -1.52. The van der Waals surface area contributed by atoms with Crippen LogP contribution < -0.4 is 5.32 Å². The first-order valence-corrected chi connectivity index (χ1v) is 5.98. The lowest BCUT2D eigenvalue weighted by Gasteiger charge is -2.16. The zero-order valence-corrected chi connectivity index (χ0v) is 10.5. The van der Waals surface area contributed by atoms with Gasteiger partial charge in [0, 0.05) is 12.8 Å². The fourth-order valence-electron chi connectivity index (χ4n) is 1.43. The maximum Gasteiger partial charge on any atom is 0.224 e. The zero-order chi connectivity index (χ0) is 12.8. The Hall–Kier alpha value is -1.04. The van der Waals surface area contributed by atoms with Crippen LogP contribution in [0.5, 0.6) is 0 Å². The summed E-state index contributed by atoms with van der Waals surface area (Å²) in [5.74, 6) is 0.134. The number of carbonyl (C=O) groups excluding carboxylic acids is 1. The van der Waals surface area contributed by atoms with Crippen molar-refractivity contribution in [3.63, 3.8) is 0 Å². The number of likely N-dealkylation sites (N-methyl/N-ethyl adjacent to an activating group) is 1. The summed E-state index contributed by atoms with van der Waals surface area (Å²) in [6, 6.07) is 6.93. The monoisotopic (exact) mass is 255 g/mol. The second-order valence-corrected chi connectivity index (χ2v) is 4.15. The molecule has 5 heteroatoms. The highest BCUT2D eigenvalue weighted by molar-refractivity contribution is 7.80. The van der Waals surface area contributed by atoms with Gasteiger partial charge in [0.2, 0.25) is 5.91 Å². The highest BCUT2D eigenvalue weighted by Crippen LogP contribution is 2.18. The van der Waals surface area contributed by atoms with Gasteiger partial charge in [-0.25, -0.2) is 0 Å². The molecule has 1 aromatic rings. The van der Waals surface area contributed by atoms with E-state index in [1.807, 2.05) is 0 Å². The number of benzene rings is 1. The number of carbonyl (C=O) groups is 1. The number of aliphatic hydroxyl groups is 2. The van der Waals surface area contributed by atoms with E-state index in [-0.39, 0.29) is 11.7 Å². The number of amides is 1. The van der Waals surface area contributed by atoms with Crippen LogP contribution in [0.1, 0.15) is 17.2 Å². The quantitative estimate of drug-likeness (QED) is 0.572. The summed E-state index contributed by atoms with van der Waals surface area (Å²) in [6.45, 7) is 0. The molecule has 17 heavy (non-hydrogen) atoms. The third kappa shape index (κ3) is 4.03. The molecule has 1 amide bonds. The average molecular weight is 255 g/mol. The molecule has 0 aliphatic rings. The summed E-state index contributed by atoms with van der Waals surface area (Å²) < 4.78 is 0. The Morgan fingerprint density at radius 1 is 1.35 bits per heavy atom. The Labute approximate surface area is 106 Å². The van der Waals surface area contributed by atoms with Crippen molar-refractivity contribution in [3.8, 4) is 0 Å². The van der Waals surface area contributed by atoms with Crippen LogP contribution in [0.2, 0.25) is 0 Å². The van der Waals surface area contributed by atoms with Gasteiger partial charge in [-0.15, -0.1) is 0 Å². The standard InChI is InChI=1S/C12H17NO3S/c1-13-11(15)6-8-2-4-9(5-3-8)12(16)10(14)7-17/h2-5,10,12,14,16-17H,6-7H2,1H3,(H,13,15). The van der Waals surface area contributed by atoms with Crippen LogP contribution >= 0.6 is 12.6 Å². The van der Waals surface area contributed by atoms with Crippen molar-refractivity contribution in [2.75, 3.05) is 12.8 Å². The molecule has 2 unspecified atom stereocenters. The van der Waals surface area contributed by atoms with Gasteiger partial charge in [0.05, 0.1) is 12.5 Å². The number of nitrogens with one attached hydrogen (secondary N) is 1. The van der Waals surface area contributed by atoms with E-state index in [2.05, 4.69) is 17.9 Å². The van der Waals surface area contributed by atoms with Crippen molar-refractivity contribution in [1.82, 2.24) is 5.32 Å². The van der Waals surface area contributed by atoms with Crippen LogP contribution in [-0.2, 0) is 11.2 Å². The summed E-state index contributed by atoms with van der Waals surface area (Å²) >= 11 is 3.92. The molecule has 1 aromatic carbocycles. The molecule has 0 aromatic heterocycles. The van der Waals surface area contributed by atoms with Crippen LogP contribution in [0.4, 0.5) is 0 Å². The van der Waals surface area contributed by atoms with Crippen molar-refractivity contribution < 1.29 is 15.0 Å². The molecule has 0 saturated carbocycles. The fraction of sp³-hybridized carbons (Fsp3) is 0.417. The van der Waals surface area contributed by atoms with E-state index in [0.29, 0.717) is 12.0 Å². The molecular formula is C12H17NO3S. The normalized spacial score (nSPS) is 14.1. The fourth-order valence-corrected chi connectivity index (χ4v) is 1.63. The molecule has 0 radical (unpaired) electrons. The van der Waals surface area contributed by atoms with E-state index >= 15 is 0 Å². The maximum atomic E-state index is 11.1. The van der Waals surface area contributed by atoms with E-state index in [0.717, 1.165) is 5.56 Å². The Bertz CT molecular complexity index is 367. The van der Waals surface area contributed by atoms with Crippen LogP contribution in [0.15, 0.2) is 24.3 Å². The van der Waals surface area contributed by atoms with Crippen LogP contribution in [-0.4, -0.2) is 35.0 Å². The highest BCUT2D eigenvalue weighted by Gasteiger charge is 2.16. The third-order valence-corrected chi connectivity index (χ3v) is 2.89. The molecule has 0 aliphatic heterocycles. The Morgan fingerprint density at radius 3 is 2.41 bits per heavy atom. The van der Waals surface area contributed by atoms with Crippen molar-refractivity contribution in [3.05, 3.63) is 35.4 Å². The lowest BCUT2D eigenvalue weighted by atomic mass is 10.0. The lowest BCUT2D eigenvalue weighted by Crippen LogP contribution is -2.21. The van der Waals surface area contributed by atoms with Crippen molar-refractivity contribution in [2.45, 2.75) is 18.6 Å². The molecule has 4 nitrogen and oxygen atoms in total. The highest BCUT2D eigenvalue weighted by atomic mass is 32.1. The minimum Gasteiger partial charge on any atom is -0.389 e. The van der Waals surface area contributed by atoms with Gasteiger partial charge in [0.25, 0.3) is 0 Å². The maximum absolute atomic E-state index is 11.1. The molecule has 0 bridgehead atoms. The Morgan fingerprint density at radius 2 is 1.94 bits per heavy atom. The zero-order valence-electron chi connectivity index (χ0n) is 9.63. The summed E-state index contributed by atoms with van der Waals surface area (Å²) in [4.78, 5) is 11.1. The molecule has 94 valence electrons. The minimum absolute atomic E-state index is 0.0614. The largest absolute Gasteiger partial charge is 0.389 e. The van der Waals surface area contributed by atoms with Crippen LogP contribution in [0.3, 0.4) is 0 Å². The van der Waals surface area contributed by atoms with Gasteiger partial charge >= 0.3 is 0 Å². The summed E-state index contributed by atoms with van der Waals surface area (Å²) in [5.41, 5.74) is 1.48. The first kappa shape index (κ1) is 14.0. The third-order valence-electron chi connectivity index (χ3n) is 2.52. The van der Waals surface area contributed by atoms with Crippen molar-refractivity contribution in [1.29, 1.82) is 0 Å². The predicted molar refractivity (Wildman–Crippen MR) is 69.0 cm³/mol. The van der Waals surface area contributed by atoms with Gasteiger partial charge < -0.3 is 15.5 Å². The Balaban J connectivity index is 2.70. The van der Waals surface area contributed by atoms with E-state index < -0.39 is 12.2 Å². The first-order valence-electron chi connectivity index (χ1n) is 5.35. The Kier molecular flexibility index (Phi) is 5.47. The van der Waals surface area contributed by atoms with E-state index in [1.54, 1.807) is 31.3 Å². The first-order chi connectivity index (χ1) is 8.08. The topological polar surface area (TPSA) is 69.6 Å². The van der Waals surface area contributed by atoms with Crippen molar-refractivity contribution in [2.24, 2.45) is 0 Å². The molecular weight excluding hydrogens is 238 g/mol. The number of thiol groups is 1.